The third kappa shape index (κ3) is 4.03. The molecule has 2 nitrogen and oxygen atoms in total. The highest BCUT2D eigenvalue weighted by molar-refractivity contribution is 6.74. The van der Waals surface area contributed by atoms with Crippen molar-refractivity contribution in [2.24, 2.45) is 0 Å². The van der Waals surface area contributed by atoms with Crippen molar-refractivity contribution in [2.75, 3.05) is 6.54 Å². The number of allylic oxidation sites excluding steroid dienone is 1. The molecule has 0 fully saturated rings. The van der Waals surface area contributed by atoms with Crippen LogP contribution in [-0.2, 0) is 4.43 Å². The second kappa shape index (κ2) is 4.33. The van der Waals surface area contributed by atoms with Crippen LogP contribution in [0.2, 0.25) is 39.3 Å². The van der Waals surface area contributed by atoms with Gasteiger partial charge in [0, 0.05) is 6.54 Å². The predicted octanol–water partition coefficient (Wildman–Crippen LogP) is 3.61. The van der Waals surface area contributed by atoms with Crippen molar-refractivity contribution >= 4 is 16.6 Å². The van der Waals surface area contributed by atoms with Gasteiger partial charge < -0.3 is 8.99 Å². The Morgan fingerprint density at radius 2 is 1.73 bits per heavy atom. The minimum absolute atomic E-state index is 1.18. The lowest BCUT2D eigenvalue weighted by Crippen LogP contribution is -2.49. The Morgan fingerprint density at radius 1 is 1.13 bits per heavy atom. The van der Waals surface area contributed by atoms with E-state index in [1.54, 1.807) is 0 Å². The number of rotatable bonds is 3. The lowest BCUT2D eigenvalue weighted by molar-refractivity contribution is 0.272. The average Bonchev–Trinajstić information content (AvgIpc) is 1.99. The van der Waals surface area contributed by atoms with Crippen molar-refractivity contribution in [2.45, 2.75) is 52.1 Å². The maximum atomic E-state index is 6.18. The molecule has 0 bridgehead atoms. The van der Waals surface area contributed by atoms with Crippen LogP contribution in [0.1, 0.15) is 12.8 Å². The minimum Gasteiger partial charge on any atom is -0.534 e. The van der Waals surface area contributed by atoms with Crippen LogP contribution in [0.25, 0.3) is 0 Å². The molecular formula is C11H25NOSi2. The van der Waals surface area contributed by atoms with Crippen molar-refractivity contribution in [1.29, 1.82) is 0 Å². The van der Waals surface area contributed by atoms with Crippen LogP contribution in [-0.4, -0.2) is 27.7 Å². The Labute approximate surface area is 96.5 Å². The molecule has 0 aromatic carbocycles. The van der Waals surface area contributed by atoms with E-state index in [1.165, 1.54) is 25.3 Å². The summed E-state index contributed by atoms with van der Waals surface area (Å²) in [7, 11) is -2.71. The van der Waals surface area contributed by atoms with Gasteiger partial charge >= 0.3 is 0 Å². The maximum Gasteiger partial charge on any atom is 0.244 e. The second-order valence-electron chi connectivity index (χ2n) is 6.22. The molecule has 0 atom stereocenters. The van der Waals surface area contributed by atoms with Crippen molar-refractivity contribution < 1.29 is 4.43 Å². The van der Waals surface area contributed by atoms with Crippen LogP contribution in [0.3, 0.4) is 0 Å². The van der Waals surface area contributed by atoms with E-state index in [1.807, 2.05) is 0 Å². The van der Waals surface area contributed by atoms with E-state index >= 15 is 0 Å². The molecule has 1 aliphatic rings. The second-order valence-corrected chi connectivity index (χ2v) is 15.5. The molecule has 0 aromatic heterocycles. The van der Waals surface area contributed by atoms with Crippen LogP contribution in [0.15, 0.2) is 12.0 Å². The van der Waals surface area contributed by atoms with E-state index in [9.17, 15) is 0 Å². The average molecular weight is 243 g/mol. The summed E-state index contributed by atoms with van der Waals surface area (Å²) in [4.78, 5) is 0. The van der Waals surface area contributed by atoms with E-state index in [2.05, 4.69) is 49.9 Å². The molecule has 4 heteroatoms. The SMILES string of the molecule is C[Si](C)(C)OC1=CCCCN1[Si](C)(C)C. The zero-order valence-corrected chi connectivity index (χ0v) is 13.1. The fraction of sp³-hybridized carbons (Fsp3) is 0.818. The molecule has 0 aliphatic carbocycles. The molecule has 0 radical (unpaired) electrons. The van der Waals surface area contributed by atoms with Gasteiger partial charge in [-0.2, -0.15) is 0 Å². The molecule has 0 N–H and O–H groups in total. The molecule has 15 heavy (non-hydrogen) atoms. The zero-order valence-electron chi connectivity index (χ0n) is 11.1. The Kier molecular flexibility index (Phi) is 3.71. The standard InChI is InChI=1S/C11H25NOSi2/c1-14(2,3)12-10-8-7-9-11(12)13-15(4,5)6/h9H,7-8,10H2,1-6H3. The molecule has 0 aromatic rings. The van der Waals surface area contributed by atoms with Gasteiger partial charge in [0.1, 0.15) is 0 Å². The first-order valence-electron chi connectivity index (χ1n) is 5.87. The summed E-state index contributed by atoms with van der Waals surface area (Å²) >= 11 is 0. The molecular weight excluding hydrogens is 218 g/mol. The summed E-state index contributed by atoms with van der Waals surface area (Å²) in [5.41, 5.74) is 0. The summed E-state index contributed by atoms with van der Waals surface area (Å²) in [6, 6.07) is 0. The third-order valence-corrected chi connectivity index (χ3v) is 5.28. The normalized spacial score (nSPS) is 18.8. The summed E-state index contributed by atoms with van der Waals surface area (Å²) in [5, 5.41) is 0. The maximum absolute atomic E-state index is 6.18. The molecule has 1 heterocycles. The highest BCUT2D eigenvalue weighted by Crippen LogP contribution is 2.25. The Bertz CT molecular complexity index is 250. The van der Waals surface area contributed by atoms with Gasteiger partial charge in [-0.1, -0.05) is 19.6 Å². The van der Waals surface area contributed by atoms with E-state index < -0.39 is 16.6 Å². The molecule has 0 unspecified atom stereocenters. The van der Waals surface area contributed by atoms with E-state index in [4.69, 9.17) is 4.43 Å². The van der Waals surface area contributed by atoms with Gasteiger partial charge in [-0.15, -0.1) is 0 Å². The van der Waals surface area contributed by atoms with Crippen LogP contribution in [0, 0.1) is 0 Å². The number of hydrogen-bond acceptors (Lipinski definition) is 2. The highest BCUT2D eigenvalue weighted by atomic mass is 28.4. The first-order chi connectivity index (χ1) is 6.70. The Morgan fingerprint density at radius 3 is 2.20 bits per heavy atom. The summed E-state index contributed by atoms with van der Waals surface area (Å²) in [6.45, 7) is 15.1. The highest BCUT2D eigenvalue weighted by Gasteiger charge is 2.30. The van der Waals surface area contributed by atoms with Crippen molar-refractivity contribution in [3.63, 3.8) is 0 Å². The quantitative estimate of drug-likeness (QED) is 0.702. The smallest absolute Gasteiger partial charge is 0.244 e. The van der Waals surface area contributed by atoms with Gasteiger partial charge in [0.15, 0.2) is 14.1 Å². The molecule has 1 aliphatic heterocycles. The Hall–Kier alpha value is -0.226. The first-order valence-corrected chi connectivity index (χ1v) is 12.7. The van der Waals surface area contributed by atoms with Gasteiger partial charge in [0.05, 0.1) is 0 Å². The fourth-order valence-electron chi connectivity index (χ4n) is 1.77. The zero-order chi connectivity index (χ0) is 11.7. The van der Waals surface area contributed by atoms with Gasteiger partial charge in [-0.05, 0) is 38.6 Å². The van der Waals surface area contributed by atoms with Crippen LogP contribution in [0.4, 0.5) is 0 Å². The van der Waals surface area contributed by atoms with E-state index in [-0.39, 0.29) is 0 Å². The van der Waals surface area contributed by atoms with Crippen molar-refractivity contribution in [3.8, 4) is 0 Å². The van der Waals surface area contributed by atoms with Crippen molar-refractivity contribution in [1.82, 2.24) is 4.57 Å². The van der Waals surface area contributed by atoms with Crippen LogP contribution in [0.5, 0.6) is 0 Å². The Balaban J connectivity index is 2.79. The first kappa shape index (κ1) is 12.8. The summed E-state index contributed by atoms with van der Waals surface area (Å²) in [6.07, 6.45) is 4.75. The number of hydrogen-bond donors (Lipinski definition) is 0. The van der Waals surface area contributed by atoms with Gasteiger partial charge in [0.25, 0.3) is 0 Å². The molecule has 0 saturated carbocycles. The molecule has 0 spiro atoms. The van der Waals surface area contributed by atoms with Crippen LogP contribution >= 0.6 is 0 Å². The minimum atomic E-state index is -1.45. The van der Waals surface area contributed by atoms with Gasteiger partial charge in [-0.25, -0.2) is 0 Å². The lowest BCUT2D eigenvalue weighted by atomic mass is 10.2. The van der Waals surface area contributed by atoms with Crippen molar-refractivity contribution in [3.05, 3.63) is 12.0 Å². The fourth-order valence-corrected chi connectivity index (χ4v) is 4.31. The molecule has 1 rings (SSSR count). The topological polar surface area (TPSA) is 12.5 Å². The predicted molar refractivity (Wildman–Crippen MR) is 71.8 cm³/mol. The number of nitrogens with zero attached hydrogens (tertiary/aromatic N) is 1. The third-order valence-electron chi connectivity index (χ3n) is 2.39. The monoisotopic (exact) mass is 243 g/mol. The lowest BCUT2D eigenvalue weighted by Gasteiger charge is -2.41. The van der Waals surface area contributed by atoms with Gasteiger partial charge in [0.2, 0.25) is 8.32 Å². The largest absolute Gasteiger partial charge is 0.534 e. The molecule has 0 amide bonds. The molecule has 88 valence electrons. The van der Waals surface area contributed by atoms with Crippen LogP contribution < -0.4 is 0 Å². The van der Waals surface area contributed by atoms with E-state index in [0.29, 0.717) is 0 Å². The van der Waals surface area contributed by atoms with Gasteiger partial charge in [-0.3, -0.25) is 0 Å². The summed E-state index contributed by atoms with van der Waals surface area (Å²) < 4.78 is 8.71. The van der Waals surface area contributed by atoms with E-state index in [0.717, 1.165) is 0 Å². The molecule has 0 saturated heterocycles. The summed E-state index contributed by atoms with van der Waals surface area (Å²) in [5.74, 6) is 1.18.